The lowest BCUT2D eigenvalue weighted by Crippen LogP contribution is -2.20. The summed E-state index contributed by atoms with van der Waals surface area (Å²) in [5.41, 5.74) is 1.34. The van der Waals surface area contributed by atoms with Crippen molar-refractivity contribution < 1.29 is 0 Å². The van der Waals surface area contributed by atoms with Crippen LogP contribution in [0.25, 0.3) is 0 Å². The zero-order chi connectivity index (χ0) is 11.3. The second kappa shape index (κ2) is 6.51. The highest BCUT2D eigenvalue weighted by Crippen LogP contribution is 2.12. The van der Waals surface area contributed by atoms with Crippen LogP contribution in [0.1, 0.15) is 18.9 Å². The maximum atomic E-state index is 5.91. The van der Waals surface area contributed by atoms with E-state index in [1.165, 1.54) is 5.56 Å². The third kappa shape index (κ3) is 5.55. The summed E-state index contributed by atoms with van der Waals surface area (Å²) in [5, 5.41) is 0.261. The molecule has 1 aromatic carbocycles. The monoisotopic (exact) mass is 289 g/mol. The number of hydrogen-bond donors (Lipinski definition) is 0. The molecule has 0 aromatic heterocycles. The fraction of sp³-hybridized carbons (Fsp3) is 0.500. The first-order valence-corrected chi connectivity index (χ1v) is 6.38. The van der Waals surface area contributed by atoms with Gasteiger partial charge in [-0.25, -0.2) is 0 Å². The van der Waals surface area contributed by atoms with E-state index in [9.17, 15) is 0 Å². The fourth-order valence-corrected chi connectivity index (χ4v) is 1.74. The Hall–Kier alpha value is -0.0500. The van der Waals surface area contributed by atoms with Crippen LogP contribution in [0.2, 0.25) is 0 Å². The minimum atomic E-state index is 0.261. The number of halogens is 2. The first-order chi connectivity index (χ1) is 7.08. The van der Waals surface area contributed by atoms with Crippen molar-refractivity contribution in [2.45, 2.75) is 25.3 Å². The number of nitrogens with zero attached hydrogens (tertiary/aromatic N) is 1. The molecule has 1 rings (SSSR count). The molecule has 0 saturated heterocycles. The molecular formula is C12H17BrClN. The molecule has 0 heterocycles. The van der Waals surface area contributed by atoms with Gasteiger partial charge in [-0.1, -0.05) is 28.1 Å². The number of benzene rings is 1. The Balaban J connectivity index is 2.37. The van der Waals surface area contributed by atoms with Gasteiger partial charge in [-0.2, -0.15) is 0 Å². The lowest BCUT2D eigenvalue weighted by Gasteiger charge is -2.17. The summed E-state index contributed by atoms with van der Waals surface area (Å²) in [5.74, 6) is 0. The van der Waals surface area contributed by atoms with Crippen molar-refractivity contribution in [1.82, 2.24) is 4.90 Å². The van der Waals surface area contributed by atoms with Crippen molar-refractivity contribution in [2.24, 2.45) is 0 Å². The van der Waals surface area contributed by atoms with Crippen molar-refractivity contribution in [3.63, 3.8) is 0 Å². The Kier molecular flexibility index (Phi) is 5.65. The summed E-state index contributed by atoms with van der Waals surface area (Å²) in [6.45, 7) is 4.06. The van der Waals surface area contributed by atoms with Crippen LogP contribution >= 0.6 is 27.5 Å². The summed E-state index contributed by atoms with van der Waals surface area (Å²) < 4.78 is 1.13. The molecule has 15 heavy (non-hydrogen) atoms. The van der Waals surface area contributed by atoms with Crippen LogP contribution in [0.4, 0.5) is 0 Å². The Bertz CT molecular complexity index is 284. The molecule has 0 radical (unpaired) electrons. The molecule has 0 spiro atoms. The van der Waals surface area contributed by atoms with Gasteiger partial charge in [0.05, 0.1) is 0 Å². The summed E-state index contributed by atoms with van der Waals surface area (Å²) in [6, 6.07) is 8.44. The van der Waals surface area contributed by atoms with Crippen molar-refractivity contribution in [3.05, 3.63) is 34.3 Å². The zero-order valence-electron chi connectivity index (χ0n) is 9.21. The minimum absolute atomic E-state index is 0.261. The molecule has 3 heteroatoms. The highest BCUT2D eigenvalue weighted by molar-refractivity contribution is 9.10. The van der Waals surface area contributed by atoms with Crippen molar-refractivity contribution in [2.75, 3.05) is 13.6 Å². The van der Waals surface area contributed by atoms with Gasteiger partial charge in [-0.05, 0) is 44.6 Å². The average molecular weight is 291 g/mol. The van der Waals surface area contributed by atoms with E-state index in [4.69, 9.17) is 11.6 Å². The van der Waals surface area contributed by atoms with Gasteiger partial charge in [0.25, 0.3) is 0 Å². The third-order valence-electron chi connectivity index (χ3n) is 2.27. The van der Waals surface area contributed by atoms with E-state index in [1.807, 2.05) is 6.92 Å². The van der Waals surface area contributed by atoms with Gasteiger partial charge in [0.15, 0.2) is 0 Å². The Morgan fingerprint density at radius 3 is 2.47 bits per heavy atom. The van der Waals surface area contributed by atoms with Crippen LogP contribution in [-0.4, -0.2) is 23.9 Å². The highest BCUT2D eigenvalue weighted by atomic mass is 79.9. The highest BCUT2D eigenvalue weighted by Gasteiger charge is 2.02. The van der Waals surface area contributed by atoms with Gasteiger partial charge >= 0.3 is 0 Å². The molecule has 0 aliphatic heterocycles. The van der Waals surface area contributed by atoms with Crippen LogP contribution in [0, 0.1) is 0 Å². The van der Waals surface area contributed by atoms with Gasteiger partial charge in [0.1, 0.15) is 0 Å². The maximum absolute atomic E-state index is 5.91. The second-order valence-corrected chi connectivity index (χ2v) is 5.59. The maximum Gasteiger partial charge on any atom is 0.0320 e. The number of rotatable bonds is 5. The van der Waals surface area contributed by atoms with E-state index < -0.39 is 0 Å². The second-order valence-electron chi connectivity index (χ2n) is 3.93. The average Bonchev–Trinajstić information content (AvgIpc) is 2.19. The number of alkyl halides is 1. The topological polar surface area (TPSA) is 3.24 Å². The van der Waals surface area contributed by atoms with Crippen LogP contribution in [0.15, 0.2) is 28.7 Å². The SMILES string of the molecule is CC(Cl)CCN(C)Cc1ccc(Br)cc1. The van der Waals surface area contributed by atoms with Crippen LogP contribution in [0.3, 0.4) is 0 Å². The van der Waals surface area contributed by atoms with E-state index in [0.29, 0.717) is 0 Å². The van der Waals surface area contributed by atoms with E-state index >= 15 is 0 Å². The molecule has 0 N–H and O–H groups in total. The standard InChI is InChI=1S/C12H17BrClN/c1-10(14)7-8-15(2)9-11-3-5-12(13)6-4-11/h3-6,10H,7-9H2,1-2H3. The normalized spacial score (nSPS) is 13.1. The molecular weight excluding hydrogens is 273 g/mol. The van der Waals surface area contributed by atoms with Gasteiger partial charge in [-0.3, -0.25) is 0 Å². The largest absolute Gasteiger partial charge is 0.302 e. The molecule has 1 nitrogen and oxygen atoms in total. The Morgan fingerprint density at radius 2 is 1.93 bits per heavy atom. The van der Waals surface area contributed by atoms with Gasteiger partial charge < -0.3 is 4.90 Å². The molecule has 0 aliphatic rings. The molecule has 0 saturated carbocycles. The fourth-order valence-electron chi connectivity index (χ4n) is 1.38. The lowest BCUT2D eigenvalue weighted by atomic mass is 10.2. The molecule has 0 bridgehead atoms. The third-order valence-corrected chi connectivity index (χ3v) is 3.02. The summed E-state index contributed by atoms with van der Waals surface area (Å²) >= 11 is 9.34. The van der Waals surface area contributed by atoms with Gasteiger partial charge in [0.2, 0.25) is 0 Å². The molecule has 84 valence electrons. The first-order valence-electron chi connectivity index (χ1n) is 5.15. The summed E-state index contributed by atoms with van der Waals surface area (Å²) in [7, 11) is 2.13. The van der Waals surface area contributed by atoms with Crippen molar-refractivity contribution in [1.29, 1.82) is 0 Å². The summed E-state index contributed by atoms with van der Waals surface area (Å²) in [4.78, 5) is 2.29. The minimum Gasteiger partial charge on any atom is -0.302 e. The van der Waals surface area contributed by atoms with E-state index in [0.717, 1.165) is 24.0 Å². The predicted octanol–water partition coefficient (Wildman–Crippen LogP) is 3.90. The lowest BCUT2D eigenvalue weighted by molar-refractivity contribution is 0.322. The van der Waals surface area contributed by atoms with Gasteiger partial charge in [0, 0.05) is 16.4 Å². The molecule has 0 fully saturated rings. The Morgan fingerprint density at radius 1 is 1.33 bits per heavy atom. The van der Waals surface area contributed by atoms with Crippen LogP contribution < -0.4 is 0 Å². The van der Waals surface area contributed by atoms with E-state index in [2.05, 4.69) is 52.1 Å². The molecule has 0 aliphatic carbocycles. The predicted molar refractivity (Wildman–Crippen MR) is 70.4 cm³/mol. The van der Waals surface area contributed by atoms with Crippen molar-refractivity contribution in [3.8, 4) is 0 Å². The quantitative estimate of drug-likeness (QED) is 0.744. The van der Waals surface area contributed by atoms with Crippen LogP contribution in [0.5, 0.6) is 0 Å². The smallest absolute Gasteiger partial charge is 0.0320 e. The summed E-state index contributed by atoms with van der Waals surface area (Å²) in [6.07, 6.45) is 1.04. The molecule has 0 amide bonds. The van der Waals surface area contributed by atoms with E-state index in [-0.39, 0.29) is 5.38 Å². The molecule has 1 unspecified atom stereocenters. The van der Waals surface area contributed by atoms with Gasteiger partial charge in [-0.15, -0.1) is 11.6 Å². The van der Waals surface area contributed by atoms with E-state index in [1.54, 1.807) is 0 Å². The number of hydrogen-bond acceptors (Lipinski definition) is 1. The van der Waals surface area contributed by atoms with Crippen molar-refractivity contribution >= 4 is 27.5 Å². The molecule has 1 aromatic rings. The zero-order valence-corrected chi connectivity index (χ0v) is 11.6. The first kappa shape index (κ1) is 13.0. The van der Waals surface area contributed by atoms with Crippen LogP contribution in [-0.2, 0) is 6.54 Å². The molecule has 1 atom stereocenters. The Labute approximate surface area is 106 Å².